The highest BCUT2D eigenvalue weighted by atomic mass is 16.1. The number of carbonyl (C=O) groups excluding carboxylic acids is 1. The molecule has 0 atom stereocenters. The summed E-state index contributed by atoms with van der Waals surface area (Å²) in [4.78, 5) is 15.8. The molecule has 0 saturated heterocycles. The highest BCUT2D eigenvalue weighted by molar-refractivity contribution is 5.80. The summed E-state index contributed by atoms with van der Waals surface area (Å²) in [5.74, 6) is 0.315. The fraction of sp³-hybridized carbons (Fsp3) is 0.571. The molecule has 1 heterocycles. The van der Waals surface area contributed by atoms with E-state index in [1.165, 1.54) is 25.7 Å². The molecule has 0 saturated carbocycles. The Morgan fingerprint density at radius 3 is 2.69 bits per heavy atom. The third-order valence-electron chi connectivity index (χ3n) is 2.66. The highest BCUT2D eigenvalue weighted by Gasteiger charge is 2.03. The Bertz CT molecular complexity index is 295. The quantitative estimate of drug-likeness (QED) is 0.626. The number of nitrogens with zero attached hydrogens (tertiary/aromatic N) is 1. The van der Waals surface area contributed by atoms with Crippen molar-refractivity contribution < 1.29 is 4.79 Å². The van der Waals surface area contributed by atoms with Gasteiger partial charge in [-0.15, -0.1) is 0 Å². The Morgan fingerprint density at radius 1 is 1.19 bits per heavy atom. The lowest BCUT2D eigenvalue weighted by Crippen LogP contribution is -2.03. The number of Topliss-reactive ketones (excluding diaryl/α,β-unsaturated/α-hetero) is 1. The molecule has 0 amide bonds. The lowest BCUT2D eigenvalue weighted by atomic mass is 10.1. The third kappa shape index (κ3) is 5.64. The van der Waals surface area contributed by atoms with E-state index in [1.807, 2.05) is 18.2 Å². The van der Waals surface area contributed by atoms with Gasteiger partial charge in [-0.05, 0) is 18.6 Å². The van der Waals surface area contributed by atoms with Crippen molar-refractivity contribution in [2.45, 2.75) is 51.9 Å². The first-order valence-electron chi connectivity index (χ1n) is 6.24. The lowest BCUT2D eigenvalue weighted by Gasteiger charge is -2.00. The van der Waals surface area contributed by atoms with Crippen molar-refractivity contribution in [1.29, 1.82) is 0 Å². The van der Waals surface area contributed by atoms with Crippen LogP contribution in [-0.4, -0.2) is 10.8 Å². The van der Waals surface area contributed by atoms with Gasteiger partial charge >= 0.3 is 0 Å². The smallest absolute Gasteiger partial charge is 0.138 e. The van der Waals surface area contributed by atoms with E-state index in [0.717, 1.165) is 12.1 Å². The maximum atomic E-state index is 11.6. The molecule has 2 heteroatoms. The molecule has 0 unspecified atom stereocenters. The summed E-state index contributed by atoms with van der Waals surface area (Å²) >= 11 is 0. The van der Waals surface area contributed by atoms with Crippen LogP contribution in [0.25, 0.3) is 0 Å². The topological polar surface area (TPSA) is 30.0 Å². The molecule has 0 aliphatic heterocycles. The van der Waals surface area contributed by atoms with Crippen LogP contribution in [0, 0.1) is 0 Å². The van der Waals surface area contributed by atoms with E-state index >= 15 is 0 Å². The minimum Gasteiger partial charge on any atom is -0.299 e. The van der Waals surface area contributed by atoms with Gasteiger partial charge in [0.2, 0.25) is 0 Å². The average Bonchev–Trinajstić information content (AvgIpc) is 2.30. The van der Waals surface area contributed by atoms with E-state index in [-0.39, 0.29) is 0 Å². The molecule has 0 spiro atoms. The molecule has 1 aromatic rings. The fourth-order valence-electron chi connectivity index (χ4n) is 1.72. The summed E-state index contributed by atoms with van der Waals surface area (Å²) in [7, 11) is 0. The standard InChI is InChI=1S/C14H21NO/c1-2-3-4-5-6-10-14(16)12-13-9-7-8-11-15-13/h7-9,11H,2-6,10,12H2,1H3. The van der Waals surface area contributed by atoms with E-state index in [1.54, 1.807) is 6.20 Å². The summed E-state index contributed by atoms with van der Waals surface area (Å²) in [5.41, 5.74) is 0.890. The van der Waals surface area contributed by atoms with Crippen molar-refractivity contribution in [2.75, 3.05) is 0 Å². The number of pyridine rings is 1. The second-order valence-electron chi connectivity index (χ2n) is 4.20. The second kappa shape index (κ2) is 8.03. The Hall–Kier alpha value is -1.18. The highest BCUT2D eigenvalue weighted by Crippen LogP contribution is 2.07. The number of unbranched alkanes of at least 4 members (excludes halogenated alkanes) is 4. The molecule has 0 aliphatic carbocycles. The van der Waals surface area contributed by atoms with Crippen LogP contribution in [0.2, 0.25) is 0 Å². The summed E-state index contributed by atoms with van der Waals surface area (Å²) in [6.07, 6.45) is 8.95. The van der Waals surface area contributed by atoms with E-state index in [4.69, 9.17) is 0 Å². The maximum Gasteiger partial charge on any atom is 0.138 e. The van der Waals surface area contributed by atoms with E-state index in [9.17, 15) is 4.79 Å². The van der Waals surface area contributed by atoms with Crippen molar-refractivity contribution in [3.05, 3.63) is 30.1 Å². The molecule has 0 bridgehead atoms. The summed E-state index contributed by atoms with van der Waals surface area (Å²) < 4.78 is 0. The first kappa shape index (κ1) is 12.9. The number of hydrogen-bond donors (Lipinski definition) is 0. The number of rotatable bonds is 8. The van der Waals surface area contributed by atoms with Gasteiger partial charge in [-0.1, -0.05) is 38.7 Å². The normalized spacial score (nSPS) is 10.3. The van der Waals surface area contributed by atoms with Crippen molar-refractivity contribution in [3.63, 3.8) is 0 Å². The van der Waals surface area contributed by atoms with Crippen LogP contribution in [0.1, 0.15) is 51.1 Å². The summed E-state index contributed by atoms with van der Waals surface area (Å²) in [5, 5.41) is 0. The van der Waals surface area contributed by atoms with Crippen LogP contribution in [0.3, 0.4) is 0 Å². The molecule has 0 fully saturated rings. The minimum absolute atomic E-state index is 0.315. The van der Waals surface area contributed by atoms with Gasteiger partial charge in [0.25, 0.3) is 0 Å². The van der Waals surface area contributed by atoms with Gasteiger partial charge in [-0.2, -0.15) is 0 Å². The lowest BCUT2D eigenvalue weighted by molar-refractivity contribution is -0.118. The Kier molecular flexibility index (Phi) is 6.47. The van der Waals surface area contributed by atoms with Crippen molar-refractivity contribution >= 4 is 5.78 Å². The third-order valence-corrected chi connectivity index (χ3v) is 2.66. The van der Waals surface area contributed by atoms with Gasteiger partial charge in [0.05, 0.1) is 0 Å². The molecule has 88 valence electrons. The minimum atomic E-state index is 0.315. The van der Waals surface area contributed by atoms with Crippen LogP contribution in [0.4, 0.5) is 0 Å². The molecule has 1 aromatic heterocycles. The molecule has 0 aliphatic rings. The SMILES string of the molecule is CCCCCCCC(=O)Cc1ccccn1. The van der Waals surface area contributed by atoms with Gasteiger partial charge in [0, 0.05) is 24.7 Å². The summed E-state index contributed by atoms with van der Waals surface area (Å²) in [6.45, 7) is 2.20. The van der Waals surface area contributed by atoms with Crippen LogP contribution in [-0.2, 0) is 11.2 Å². The van der Waals surface area contributed by atoms with Gasteiger partial charge in [0.1, 0.15) is 5.78 Å². The molecule has 16 heavy (non-hydrogen) atoms. The second-order valence-corrected chi connectivity index (χ2v) is 4.20. The zero-order valence-electron chi connectivity index (χ0n) is 10.1. The predicted octanol–water partition coefficient (Wildman–Crippen LogP) is 3.55. The van der Waals surface area contributed by atoms with Crippen LogP contribution in [0.5, 0.6) is 0 Å². The van der Waals surface area contributed by atoms with E-state index in [0.29, 0.717) is 18.6 Å². The van der Waals surface area contributed by atoms with E-state index in [2.05, 4.69) is 11.9 Å². The van der Waals surface area contributed by atoms with Gasteiger partial charge in [0.15, 0.2) is 0 Å². The Morgan fingerprint density at radius 2 is 2.00 bits per heavy atom. The zero-order chi connectivity index (χ0) is 11.6. The average molecular weight is 219 g/mol. The molecule has 1 rings (SSSR count). The monoisotopic (exact) mass is 219 g/mol. The summed E-state index contributed by atoms with van der Waals surface area (Å²) in [6, 6.07) is 5.71. The first-order chi connectivity index (χ1) is 7.83. The van der Waals surface area contributed by atoms with Crippen molar-refractivity contribution in [2.24, 2.45) is 0 Å². The predicted molar refractivity (Wildman–Crippen MR) is 66.3 cm³/mol. The van der Waals surface area contributed by atoms with Crippen LogP contribution >= 0.6 is 0 Å². The largest absolute Gasteiger partial charge is 0.299 e. The zero-order valence-corrected chi connectivity index (χ0v) is 10.1. The van der Waals surface area contributed by atoms with Crippen molar-refractivity contribution in [3.8, 4) is 0 Å². The molecule has 0 N–H and O–H groups in total. The maximum absolute atomic E-state index is 11.6. The van der Waals surface area contributed by atoms with Gasteiger partial charge in [-0.25, -0.2) is 0 Å². The number of carbonyl (C=O) groups is 1. The molecule has 2 nitrogen and oxygen atoms in total. The van der Waals surface area contributed by atoms with Crippen LogP contribution in [0.15, 0.2) is 24.4 Å². The van der Waals surface area contributed by atoms with Gasteiger partial charge < -0.3 is 0 Å². The van der Waals surface area contributed by atoms with Crippen LogP contribution < -0.4 is 0 Å². The van der Waals surface area contributed by atoms with Crippen molar-refractivity contribution in [1.82, 2.24) is 4.98 Å². The molecular weight excluding hydrogens is 198 g/mol. The van der Waals surface area contributed by atoms with Gasteiger partial charge in [-0.3, -0.25) is 9.78 Å². The van der Waals surface area contributed by atoms with E-state index < -0.39 is 0 Å². The molecule has 0 aromatic carbocycles. The number of ketones is 1. The first-order valence-corrected chi connectivity index (χ1v) is 6.24. The Balaban J connectivity index is 2.12. The Labute approximate surface area is 98.1 Å². The molecule has 0 radical (unpaired) electrons. The molecular formula is C14H21NO. The number of hydrogen-bond acceptors (Lipinski definition) is 2. The fourth-order valence-corrected chi connectivity index (χ4v) is 1.72. The number of aromatic nitrogens is 1.